The van der Waals surface area contributed by atoms with Crippen LogP contribution in [0.5, 0.6) is 0 Å². The van der Waals surface area contributed by atoms with Crippen LogP contribution < -0.4 is 5.69 Å². The molecule has 0 bridgehead atoms. The van der Waals surface area contributed by atoms with E-state index >= 15 is 0 Å². The van der Waals surface area contributed by atoms with Gasteiger partial charge >= 0.3 is 5.69 Å². The zero-order valence-corrected chi connectivity index (χ0v) is 14.5. The minimum atomic E-state index is -0.289. The molecule has 25 heavy (non-hydrogen) atoms. The Kier molecular flexibility index (Phi) is 4.11. The predicted molar refractivity (Wildman–Crippen MR) is 99.8 cm³/mol. The van der Waals surface area contributed by atoms with E-state index in [0.717, 1.165) is 16.9 Å². The van der Waals surface area contributed by atoms with Crippen LogP contribution in [0.3, 0.4) is 0 Å². The summed E-state index contributed by atoms with van der Waals surface area (Å²) in [6, 6.07) is 16.7. The van der Waals surface area contributed by atoms with E-state index in [2.05, 4.69) is 64.5 Å². The van der Waals surface area contributed by atoms with Crippen molar-refractivity contribution >= 4 is 17.4 Å². The van der Waals surface area contributed by atoms with E-state index < -0.39 is 0 Å². The van der Waals surface area contributed by atoms with Gasteiger partial charge < -0.3 is 0 Å². The molecule has 0 aliphatic rings. The molecule has 0 unspecified atom stereocenters. The van der Waals surface area contributed by atoms with Gasteiger partial charge in [0.1, 0.15) is 0 Å². The number of nitrogens with zero attached hydrogens (tertiary/aromatic N) is 3. The quantitative estimate of drug-likeness (QED) is 0.571. The molecule has 2 aromatic heterocycles. The maximum atomic E-state index is 11.8. The van der Waals surface area contributed by atoms with Crippen LogP contribution in [0.4, 0.5) is 0 Å². The molecule has 4 rings (SSSR count). The lowest BCUT2D eigenvalue weighted by Gasteiger charge is -2.08. The van der Waals surface area contributed by atoms with Gasteiger partial charge in [0.25, 0.3) is 0 Å². The molecule has 0 saturated carbocycles. The predicted octanol–water partition coefficient (Wildman–Crippen LogP) is 3.69. The minimum absolute atomic E-state index is 0.289. The van der Waals surface area contributed by atoms with E-state index in [-0.39, 0.29) is 5.69 Å². The van der Waals surface area contributed by atoms with E-state index in [4.69, 9.17) is 0 Å². The molecular formula is C19H16N4OS. The van der Waals surface area contributed by atoms with E-state index in [9.17, 15) is 4.79 Å². The number of thioether (sulfide) groups is 1. The number of fused-ring (bicyclic) bond motifs is 1. The summed E-state index contributed by atoms with van der Waals surface area (Å²) in [6.45, 7) is 2.10. The van der Waals surface area contributed by atoms with Crippen molar-refractivity contribution in [2.24, 2.45) is 0 Å². The van der Waals surface area contributed by atoms with Gasteiger partial charge in [-0.3, -0.25) is 4.98 Å². The summed E-state index contributed by atoms with van der Waals surface area (Å²) >= 11 is 1.82. The first-order valence-electron chi connectivity index (χ1n) is 7.91. The lowest BCUT2D eigenvalue weighted by molar-refractivity contribution is 0.840. The summed E-state index contributed by atoms with van der Waals surface area (Å²) in [7, 11) is 0. The summed E-state index contributed by atoms with van der Waals surface area (Å²) in [4.78, 5) is 19.8. The number of aromatic amines is 1. The third-order valence-electron chi connectivity index (χ3n) is 4.03. The summed E-state index contributed by atoms with van der Waals surface area (Å²) in [5, 5.41) is 4.13. The number of hydrogen-bond acceptors (Lipinski definition) is 4. The summed E-state index contributed by atoms with van der Waals surface area (Å²) < 4.78 is 1.28. The Morgan fingerprint density at radius 3 is 2.80 bits per heavy atom. The Labute approximate surface area is 148 Å². The molecular weight excluding hydrogens is 332 g/mol. The van der Waals surface area contributed by atoms with Gasteiger partial charge in [0.15, 0.2) is 5.65 Å². The molecule has 0 aliphatic heterocycles. The van der Waals surface area contributed by atoms with Gasteiger partial charge in [0, 0.05) is 16.2 Å². The normalized spacial score (nSPS) is 11.1. The Morgan fingerprint density at radius 2 is 2.00 bits per heavy atom. The zero-order valence-electron chi connectivity index (χ0n) is 13.6. The highest BCUT2D eigenvalue weighted by Crippen LogP contribution is 2.30. The number of aromatic nitrogens is 4. The molecule has 2 heterocycles. The third kappa shape index (κ3) is 3.08. The van der Waals surface area contributed by atoms with Crippen molar-refractivity contribution in [2.75, 3.05) is 0 Å². The van der Waals surface area contributed by atoms with Gasteiger partial charge in [-0.1, -0.05) is 42.5 Å². The average molecular weight is 348 g/mol. The Balaban J connectivity index is 1.63. The maximum Gasteiger partial charge on any atom is 0.349 e. The van der Waals surface area contributed by atoms with Gasteiger partial charge in [-0.2, -0.15) is 9.61 Å². The average Bonchev–Trinajstić information content (AvgIpc) is 3.07. The smallest absolute Gasteiger partial charge is 0.296 e. The second-order valence-corrected chi connectivity index (χ2v) is 6.77. The van der Waals surface area contributed by atoms with Crippen LogP contribution in [0.25, 0.3) is 16.8 Å². The van der Waals surface area contributed by atoms with E-state index in [1.165, 1.54) is 26.9 Å². The van der Waals surface area contributed by atoms with Crippen LogP contribution in [0.15, 0.2) is 70.7 Å². The fourth-order valence-electron chi connectivity index (χ4n) is 2.74. The van der Waals surface area contributed by atoms with Crippen LogP contribution in [0.1, 0.15) is 11.1 Å². The van der Waals surface area contributed by atoms with Crippen LogP contribution in [0.2, 0.25) is 0 Å². The van der Waals surface area contributed by atoms with Gasteiger partial charge in [-0.25, -0.2) is 9.78 Å². The first-order chi connectivity index (χ1) is 12.2. The van der Waals surface area contributed by atoms with Gasteiger partial charge in [-0.05, 0) is 29.7 Å². The number of aryl methyl sites for hydroxylation is 1. The SMILES string of the molecule is Cc1cc(-c2cnn3c(=O)[nH]cnc23)ccc1SCc1ccccc1. The van der Waals surface area contributed by atoms with Crippen molar-refractivity contribution in [1.82, 2.24) is 19.6 Å². The van der Waals surface area contributed by atoms with E-state index in [1.54, 1.807) is 6.20 Å². The molecule has 0 fully saturated rings. The topological polar surface area (TPSA) is 63.1 Å². The van der Waals surface area contributed by atoms with Crippen molar-refractivity contribution in [1.29, 1.82) is 0 Å². The van der Waals surface area contributed by atoms with Gasteiger partial charge in [0.2, 0.25) is 0 Å². The Bertz CT molecular complexity index is 1090. The van der Waals surface area contributed by atoms with Gasteiger partial charge in [0.05, 0.1) is 12.5 Å². The molecule has 0 saturated heterocycles. The van der Waals surface area contributed by atoms with Crippen LogP contribution in [-0.4, -0.2) is 19.6 Å². The molecule has 124 valence electrons. The first kappa shape index (κ1) is 15.7. The minimum Gasteiger partial charge on any atom is -0.296 e. The highest BCUT2D eigenvalue weighted by atomic mass is 32.2. The molecule has 2 aromatic carbocycles. The Hall–Kier alpha value is -2.86. The first-order valence-corrected chi connectivity index (χ1v) is 8.90. The van der Waals surface area contributed by atoms with Crippen LogP contribution >= 0.6 is 11.8 Å². The van der Waals surface area contributed by atoms with Crippen LogP contribution in [-0.2, 0) is 5.75 Å². The molecule has 1 N–H and O–H groups in total. The molecule has 0 aliphatic carbocycles. The fraction of sp³-hybridized carbons (Fsp3) is 0.105. The molecule has 6 heteroatoms. The molecule has 0 atom stereocenters. The second kappa shape index (κ2) is 6.57. The molecule has 0 amide bonds. The number of benzene rings is 2. The maximum absolute atomic E-state index is 11.8. The molecule has 5 nitrogen and oxygen atoms in total. The third-order valence-corrected chi connectivity index (χ3v) is 5.28. The molecule has 0 radical (unpaired) electrons. The van der Waals surface area contributed by atoms with Crippen molar-refractivity contribution < 1.29 is 0 Å². The highest BCUT2D eigenvalue weighted by Gasteiger charge is 2.11. The largest absolute Gasteiger partial charge is 0.349 e. The lowest BCUT2D eigenvalue weighted by Crippen LogP contribution is -2.17. The van der Waals surface area contributed by atoms with E-state index in [0.29, 0.717) is 5.65 Å². The zero-order chi connectivity index (χ0) is 17.2. The fourth-order valence-corrected chi connectivity index (χ4v) is 3.71. The summed E-state index contributed by atoms with van der Waals surface area (Å²) in [5.41, 5.74) is 4.64. The molecule has 4 aromatic rings. The number of rotatable bonds is 4. The van der Waals surface area contributed by atoms with Crippen molar-refractivity contribution in [3.05, 3.63) is 82.7 Å². The van der Waals surface area contributed by atoms with Crippen molar-refractivity contribution in [3.63, 3.8) is 0 Å². The number of hydrogen-bond donors (Lipinski definition) is 1. The lowest BCUT2D eigenvalue weighted by atomic mass is 10.1. The number of H-pyrrole nitrogens is 1. The van der Waals surface area contributed by atoms with Crippen LogP contribution in [0, 0.1) is 6.92 Å². The number of nitrogens with one attached hydrogen (secondary N) is 1. The highest BCUT2D eigenvalue weighted by molar-refractivity contribution is 7.98. The van der Waals surface area contributed by atoms with E-state index in [1.807, 2.05) is 17.8 Å². The van der Waals surface area contributed by atoms with Crippen molar-refractivity contribution in [3.8, 4) is 11.1 Å². The Morgan fingerprint density at radius 1 is 1.16 bits per heavy atom. The summed E-state index contributed by atoms with van der Waals surface area (Å²) in [5.74, 6) is 0.939. The summed E-state index contributed by atoms with van der Waals surface area (Å²) in [6.07, 6.45) is 3.09. The van der Waals surface area contributed by atoms with Crippen molar-refractivity contribution in [2.45, 2.75) is 17.6 Å². The standard InChI is InChI=1S/C19H16N4OS/c1-13-9-15(16-10-22-23-18(16)20-12-21-19(23)24)7-8-17(13)25-11-14-5-3-2-4-6-14/h2-10,12H,11H2,1H3,(H,20,21,24). The second-order valence-electron chi connectivity index (χ2n) is 5.76. The van der Waals surface area contributed by atoms with Gasteiger partial charge in [-0.15, -0.1) is 11.8 Å². The monoisotopic (exact) mass is 348 g/mol. The molecule has 0 spiro atoms.